The van der Waals surface area contributed by atoms with Gasteiger partial charge in [-0.2, -0.15) is 0 Å². The number of halogens is 1. The van der Waals surface area contributed by atoms with Gasteiger partial charge >= 0.3 is 0 Å². The second-order valence-corrected chi connectivity index (χ2v) is 3.83. The molecule has 0 aromatic rings. The van der Waals surface area contributed by atoms with Gasteiger partial charge in [-0.3, -0.25) is 4.79 Å². The molecular weight excluding hydrogens is 188 g/mol. The molecule has 0 bridgehead atoms. The summed E-state index contributed by atoms with van der Waals surface area (Å²) < 4.78 is 0. The van der Waals surface area contributed by atoms with Crippen LogP contribution in [0.3, 0.4) is 0 Å². The van der Waals surface area contributed by atoms with Gasteiger partial charge in [0.25, 0.3) is 0 Å². The quantitative estimate of drug-likeness (QED) is 0.705. The van der Waals surface area contributed by atoms with Crippen LogP contribution in [0.2, 0.25) is 0 Å². The molecule has 13 heavy (non-hydrogen) atoms. The minimum atomic E-state index is 0. The summed E-state index contributed by atoms with van der Waals surface area (Å²) in [5, 5.41) is 6.38. The van der Waals surface area contributed by atoms with Gasteiger partial charge in [0.1, 0.15) is 0 Å². The molecule has 1 aliphatic carbocycles. The van der Waals surface area contributed by atoms with E-state index in [0.717, 1.165) is 31.3 Å². The minimum Gasteiger partial charge on any atom is -0.353 e. The van der Waals surface area contributed by atoms with Crippen molar-refractivity contribution in [3.63, 3.8) is 0 Å². The van der Waals surface area contributed by atoms with Crippen molar-refractivity contribution >= 4 is 18.3 Å². The lowest BCUT2D eigenvalue weighted by Crippen LogP contribution is -2.32. The molecule has 0 spiro atoms. The van der Waals surface area contributed by atoms with Gasteiger partial charge in [-0.1, -0.05) is 6.92 Å². The zero-order valence-electron chi connectivity index (χ0n) is 7.88. The van der Waals surface area contributed by atoms with E-state index in [-0.39, 0.29) is 18.3 Å². The van der Waals surface area contributed by atoms with Crippen molar-refractivity contribution in [3.8, 4) is 0 Å². The molecule has 2 aliphatic rings. The number of hydrogen-bond donors (Lipinski definition) is 2. The lowest BCUT2D eigenvalue weighted by atomic mass is 10.3. The third-order valence-electron chi connectivity index (χ3n) is 2.90. The average Bonchev–Trinajstić information content (AvgIpc) is 2.51. The van der Waals surface area contributed by atoms with Gasteiger partial charge < -0.3 is 10.6 Å². The zero-order chi connectivity index (χ0) is 8.55. The molecule has 1 saturated heterocycles. The van der Waals surface area contributed by atoms with Crippen LogP contribution in [0, 0.1) is 11.8 Å². The van der Waals surface area contributed by atoms with Crippen LogP contribution < -0.4 is 10.6 Å². The van der Waals surface area contributed by atoms with Crippen LogP contribution >= 0.6 is 12.4 Å². The Kier molecular flexibility index (Phi) is 3.56. The van der Waals surface area contributed by atoms with Crippen LogP contribution in [0.5, 0.6) is 0 Å². The number of piperidine rings is 1. The molecule has 2 rings (SSSR count). The Morgan fingerprint density at radius 3 is 2.62 bits per heavy atom. The highest BCUT2D eigenvalue weighted by Crippen LogP contribution is 2.41. The summed E-state index contributed by atoms with van der Waals surface area (Å²) in [5.41, 5.74) is 0. The van der Waals surface area contributed by atoms with E-state index in [9.17, 15) is 4.79 Å². The maximum atomic E-state index is 11.2. The normalized spacial score (nSPS) is 34.7. The van der Waals surface area contributed by atoms with E-state index in [1.807, 2.05) is 6.92 Å². The fraction of sp³-hybridized carbons (Fsp3) is 0.889. The van der Waals surface area contributed by atoms with E-state index in [2.05, 4.69) is 10.6 Å². The second-order valence-electron chi connectivity index (χ2n) is 3.83. The molecule has 1 heterocycles. The number of nitrogens with one attached hydrogen (secondary N) is 2. The minimum absolute atomic E-state index is 0. The van der Waals surface area contributed by atoms with Gasteiger partial charge in [0.15, 0.2) is 0 Å². The molecule has 76 valence electrons. The largest absolute Gasteiger partial charge is 0.353 e. The fourth-order valence-electron chi connectivity index (χ4n) is 2.12. The van der Waals surface area contributed by atoms with E-state index in [0.29, 0.717) is 12.5 Å². The first kappa shape index (κ1) is 10.8. The molecule has 1 aliphatic heterocycles. The van der Waals surface area contributed by atoms with Crippen LogP contribution in [0.15, 0.2) is 0 Å². The molecule has 1 amide bonds. The first-order chi connectivity index (χ1) is 5.83. The molecule has 4 heteroatoms. The molecular formula is C9H17ClN2O. The summed E-state index contributed by atoms with van der Waals surface area (Å²) in [6.07, 6.45) is 1.63. The molecule has 0 radical (unpaired) electrons. The van der Waals surface area contributed by atoms with Crippen LogP contribution in [-0.2, 0) is 4.79 Å². The highest BCUT2D eigenvalue weighted by atomic mass is 35.5. The van der Waals surface area contributed by atoms with Crippen molar-refractivity contribution in [1.29, 1.82) is 0 Å². The number of amides is 1. The Hall–Kier alpha value is -0.280. The predicted octanol–water partition coefficient (Wildman–Crippen LogP) is 0.542. The first-order valence-electron chi connectivity index (χ1n) is 4.83. The monoisotopic (exact) mass is 204 g/mol. The Morgan fingerprint density at radius 2 is 2.08 bits per heavy atom. The molecule has 3 atom stereocenters. The van der Waals surface area contributed by atoms with Gasteiger partial charge in [-0.05, 0) is 18.3 Å². The Balaban J connectivity index is 0.000000845. The van der Waals surface area contributed by atoms with Gasteiger partial charge in [0.2, 0.25) is 5.91 Å². The van der Waals surface area contributed by atoms with Crippen molar-refractivity contribution in [2.45, 2.75) is 25.8 Å². The van der Waals surface area contributed by atoms with Crippen LogP contribution in [-0.4, -0.2) is 25.0 Å². The van der Waals surface area contributed by atoms with Crippen LogP contribution in [0.4, 0.5) is 0 Å². The van der Waals surface area contributed by atoms with Crippen molar-refractivity contribution in [1.82, 2.24) is 10.6 Å². The van der Waals surface area contributed by atoms with E-state index in [4.69, 9.17) is 0 Å². The van der Waals surface area contributed by atoms with Crippen molar-refractivity contribution in [3.05, 3.63) is 0 Å². The van der Waals surface area contributed by atoms with Crippen LogP contribution in [0.25, 0.3) is 0 Å². The second kappa shape index (κ2) is 4.29. The summed E-state index contributed by atoms with van der Waals surface area (Å²) in [5.74, 6) is 1.72. The lowest BCUT2D eigenvalue weighted by molar-refractivity contribution is -0.121. The fourth-order valence-corrected chi connectivity index (χ4v) is 2.12. The third-order valence-corrected chi connectivity index (χ3v) is 2.90. The Bertz CT molecular complexity index is 188. The Morgan fingerprint density at radius 1 is 1.46 bits per heavy atom. The highest BCUT2D eigenvalue weighted by molar-refractivity contribution is 5.85. The van der Waals surface area contributed by atoms with Crippen LogP contribution in [0.1, 0.15) is 19.8 Å². The van der Waals surface area contributed by atoms with E-state index in [1.54, 1.807) is 0 Å². The number of hydrogen-bond acceptors (Lipinski definition) is 2. The van der Waals surface area contributed by atoms with Gasteiger partial charge in [-0.25, -0.2) is 0 Å². The van der Waals surface area contributed by atoms with E-state index < -0.39 is 0 Å². The third kappa shape index (κ3) is 2.15. The van der Waals surface area contributed by atoms with Gasteiger partial charge in [0.05, 0.1) is 0 Å². The molecule has 0 aromatic heterocycles. The zero-order valence-corrected chi connectivity index (χ0v) is 8.69. The number of carbonyl (C=O) groups excluding carboxylic acids is 1. The maximum Gasteiger partial charge on any atom is 0.220 e. The lowest BCUT2D eigenvalue weighted by Gasteiger charge is -2.06. The molecule has 2 N–H and O–H groups in total. The van der Waals surface area contributed by atoms with Crippen molar-refractivity contribution in [2.24, 2.45) is 11.8 Å². The van der Waals surface area contributed by atoms with Crippen molar-refractivity contribution in [2.75, 3.05) is 13.1 Å². The van der Waals surface area contributed by atoms with Gasteiger partial charge in [-0.15, -0.1) is 12.4 Å². The molecule has 1 saturated carbocycles. The van der Waals surface area contributed by atoms with E-state index in [1.165, 1.54) is 0 Å². The summed E-state index contributed by atoms with van der Waals surface area (Å²) in [6.45, 7) is 4.23. The van der Waals surface area contributed by atoms with Gasteiger partial charge in [0, 0.05) is 25.6 Å². The first-order valence-corrected chi connectivity index (χ1v) is 4.83. The molecule has 0 aromatic carbocycles. The number of carbonyl (C=O) groups is 1. The molecule has 2 fully saturated rings. The highest BCUT2D eigenvalue weighted by Gasteiger charge is 2.53. The number of fused-ring (bicyclic) bond motifs is 1. The standard InChI is InChI=1S/C9H16N2O.ClH/c1-2-3-8(12)11-9-6-4-10-5-7(6)9;/h6-7,9-10H,2-5H2,1H3,(H,11,12);1H/t6-,7+,9?;. The number of rotatable bonds is 3. The summed E-state index contributed by atoms with van der Waals surface area (Å²) in [4.78, 5) is 11.2. The van der Waals surface area contributed by atoms with Crippen molar-refractivity contribution < 1.29 is 4.79 Å². The SMILES string of the molecule is CCCC(=O)NC1[C@H]2CNC[C@@H]12.Cl. The van der Waals surface area contributed by atoms with E-state index >= 15 is 0 Å². The average molecular weight is 205 g/mol. The summed E-state index contributed by atoms with van der Waals surface area (Å²) in [6, 6.07) is 0.505. The maximum absolute atomic E-state index is 11.2. The smallest absolute Gasteiger partial charge is 0.220 e. The summed E-state index contributed by atoms with van der Waals surface area (Å²) >= 11 is 0. The topological polar surface area (TPSA) is 41.1 Å². The molecule has 1 unspecified atom stereocenters. The Labute approximate surface area is 85.1 Å². The molecule has 3 nitrogen and oxygen atoms in total. The summed E-state index contributed by atoms with van der Waals surface area (Å²) in [7, 11) is 0. The predicted molar refractivity (Wildman–Crippen MR) is 53.9 cm³/mol.